The molecule has 2 aromatic rings. The van der Waals surface area contributed by atoms with E-state index in [9.17, 15) is 9.59 Å². The molecule has 0 radical (unpaired) electrons. The van der Waals surface area contributed by atoms with Crippen LogP contribution in [-0.4, -0.2) is 25.2 Å². The number of carbonyl (C=O) groups is 1. The Hall–Kier alpha value is -1.89. The molecule has 1 saturated carbocycles. The summed E-state index contributed by atoms with van der Waals surface area (Å²) in [5, 5.41) is 3.76. The molecule has 1 aromatic heterocycles. The first-order chi connectivity index (χ1) is 11.5. The molecular weight excluding hydrogens is 344 g/mol. The molecule has 136 valence electrons. The number of amides is 1. The van der Waals surface area contributed by atoms with Gasteiger partial charge in [0.15, 0.2) is 0 Å². The molecule has 1 aliphatic rings. The zero-order valence-corrected chi connectivity index (χ0v) is 15.1. The number of ether oxygens (including phenoxy) is 1. The second kappa shape index (κ2) is 7.99. The van der Waals surface area contributed by atoms with E-state index < -0.39 is 5.63 Å². The van der Waals surface area contributed by atoms with Crippen LogP contribution >= 0.6 is 12.4 Å². The summed E-state index contributed by atoms with van der Waals surface area (Å²) in [6.45, 7) is 1.85. The van der Waals surface area contributed by atoms with Gasteiger partial charge in [-0.3, -0.25) is 4.79 Å². The van der Waals surface area contributed by atoms with E-state index in [2.05, 4.69) is 5.32 Å². The highest BCUT2D eigenvalue weighted by Gasteiger charge is 2.32. The smallest absolute Gasteiger partial charge is 0.336 e. The van der Waals surface area contributed by atoms with E-state index in [0.29, 0.717) is 17.7 Å². The van der Waals surface area contributed by atoms with Crippen molar-refractivity contribution in [3.8, 4) is 0 Å². The molecule has 1 aliphatic carbocycles. The number of aryl methyl sites for hydroxylation is 1. The molecule has 1 heterocycles. The van der Waals surface area contributed by atoms with Crippen molar-refractivity contribution < 1.29 is 13.9 Å². The van der Waals surface area contributed by atoms with Gasteiger partial charge in [-0.1, -0.05) is 0 Å². The Morgan fingerprint density at radius 1 is 1.32 bits per heavy atom. The Bertz CT molecular complexity index is 820. The largest absolute Gasteiger partial charge is 0.423 e. The van der Waals surface area contributed by atoms with Crippen molar-refractivity contribution in [2.24, 2.45) is 11.7 Å². The highest BCUT2D eigenvalue weighted by Crippen LogP contribution is 2.27. The average Bonchev–Trinajstić information content (AvgIpc) is 2.54. The minimum Gasteiger partial charge on any atom is -0.423 e. The quantitative estimate of drug-likeness (QED) is 0.814. The van der Waals surface area contributed by atoms with Gasteiger partial charge in [0, 0.05) is 42.3 Å². The number of rotatable bonds is 3. The van der Waals surface area contributed by atoms with Gasteiger partial charge in [-0.2, -0.15) is 0 Å². The van der Waals surface area contributed by atoms with E-state index in [1.807, 2.05) is 19.1 Å². The second-order valence-electron chi connectivity index (χ2n) is 6.40. The third-order valence-electron chi connectivity index (χ3n) is 4.74. The van der Waals surface area contributed by atoms with E-state index in [4.69, 9.17) is 14.9 Å². The molecule has 1 amide bonds. The molecule has 0 bridgehead atoms. The summed E-state index contributed by atoms with van der Waals surface area (Å²) in [7, 11) is 1.62. The number of carbonyl (C=O) groups excluding carboxylic acids is 1. The maximum Gasteiger partial charge on any atom is 0.336 e. The summed E-state index contributed by atoms with van der Waals surface area (Å²) < 4.78 is 10.6. The summed E-state index contributed by atoms with van der Waals surface area (Å²) in [5.41, 5.74) is 7.54. The third kappa shape index (κ3) is 4.21. The zero-order chi connectivity index (χ0) is 17.3. The van der Waals surface area contributed by atoms with Gasteiger partial charge in [0.05, 0.1) is 6.10 Å². The monoisotopic (exact) mass is 366 g/mol. The molecule has 3 N–H and O–H groups in total. The third-order valence-corrected chi connectivity index (χ3v) is 4.74. The van der Waals surface area contributed by atoms with Crippen LogP contribution in [0.25, 0.3) is 11.0 Å². The standard InChI is InChI=1S/C18H22N2O4.ClH/c1-10-7-17(21)24-15-9-12(4-5-13(10)15)20-18(22)11-3-6-14(19)16(8-11)23-2;/h4-5,7,9,11,14,16H,3,6,8,19H2,1-2H3,(H,20,22);1H/t11-,14+,16+;/m0./s1. The van der Waals surface area contributed by atoms with Crippen LogP contribution in [0, 0.1) is 12.8 Å². The number of anilines is 1. The second-order valence-corrected chi connectivity index (χ2v) is 6.40. The molecule has 3 atom stereocenters. The van der Waals surface area contributed by atoms with E-state index in [1.54, 1.807) is 13.2 Å². The molecule has 3 rings (SSSR count). The number of halogens is 1. The number of hydrogen-bond donors (Lipinski definition) is 2. The molecular formula is C18H23ClN2O4. The minimum absolute atomic E-state index is 0. The predicted molar refractivity (Wildman–Crippen MR) is 99.2 cm³/mol. The maximum absolute atomic E-state index is 12.5. The van der Waals surface area contributed by atoms with Gasteiger partial charge in [0.1, 0.15) is 5.58 Å². The summed E-state index contributed by atoms with van der Waals surface area (Å²) in [4.78, 5) is 24.0. The Balaban J connectivity index is 0.00000225. The lowest BCUT2D eigenvalue weighted by atomic mass is 9.83. The summed E-state index contributed by atoms with van der Waals surface area (Å²) in [5.74, 6) is -0.187. The Labute approximate surface area is 152 Å². The Kier molecular flexibility index (Phi) is 6.21. The molecule has 0 aliphatic heterocycles. The molecule has 0 unspecified atom stereocenters. The highest BCUT2D eigenvalue weighted by molar-refractivity contribution is 5.95. The van der Waals surface area contributed by atoms with E-state index in [1.165, 1.54) is 6.07 Å². The van der Waals surface area contributed by atoms with E-state index in [-0.39, 0.29) is 36.4 Å². The lowest BCUT2D eigenvalue weighted by molar-refractivity contribution is -0.122. The first kappa shape index (κ1) is 19.4. The van der Waals surface area contributed by atoms with Crippen molar-refractivity contribution in [3.63, 3.8) is 0 Å². The number of nitrogens with two attached hydrogens (primary N) is 1. The van der Waals surface area contributed by atoms with Crippen LogP contribution in [0.4, 0.5) is 5.69 Å². The first-order valence-corrected chi connectivity index (χ1v) is 8.11. The highest BCUT2D eigenvalue weighted by atomic mass is 35.5. The molecule has 25 heavy (non-hydrogen) atoms. The van der Waals surface area contributed by atoms with Gasteiger partial charge < -0.3 is 20.2 Å². The summed E-state index contributed by atoms with van der Waals surface area (Å²) in [6, 6.07) is 6.78. The predicted octanol–water partition coefficient (Wildman–Crippen LogP) is 2.60. The molecule has 1 fully saturated rings. The van der Waals surface area contributed by atoms with Crippen molar-refractivity contribution in [2.75, 3.05) is 12.4 Å². The van der Waals surface area contributed by atoms with Gasteiger partial charge in [0.2, 0.25) is 5.91 Å². The lowest BCUT2D eigenvalue weighted by Gasteiger charge is -2.32. The number of methoxy groups -OCH3 is 1. The summed E-state index contributed by atoms with van der Waals surface area (Å²) in [6.07, 6.45) is 2.04. The van der Waals surface area contributed by atoms with Gasteiger partial charge in [-0.05, 0) is 43.9 Å². The van der Waals surface area contributed by atoms with Crippen LogP contribution < -0.4 is 16.7 Å². The van der Waals surface area contributed by atoms with Crippen LogP contribution in [0.15, 0.2) is 33.5 Å². The molecule has 1 aromatic carbocycles. The lowest BCUT2D eigenvalue weighted by Crippen LogP contribution is -2.44. The number of benzene rings is 1. The Morgan fingerprint density at radius 3 is 2.80 bits per heavy atom. The SMILES string of the molecule is CO[C@@H]1C[C@@H](C(=O)Nc2ccc3c(C)cc(=O)oc3c2)CC[C@H]1N.Cl. The van der Waals surface area contributed by atoms with E-state index in [0.717, 1.165) is 23.8 Å². The van der Waals surface area contributed by atoms with Crippen LogP contribution in [-0.2, 0) is 9.53 Å². The van der Waals surface area contributed by atoms with Crippen LogP contribution in [0.5, 0.6) is 0 Å². The maximum atomic E-state index is 12.5. The minimum atomic E-state index is -0.396. The van der Waals surface area contributed by atoms with Crippen LogP contribution in [0.3, 0.4) is 0 Å². The van der Waals surface area contributed by atoms with Crippen molar-refractivity contribution in [1.29, 1.82) is 0 Å². The normalized spacial score (nSPS) is 23.1. The molecule has 7 heteroatoms. The fourth-order valence-corrected chi connectivity index (χ4v) is 3.31. The van der Waals surface area contributed by atoms with Gasteiger partial charge >= 0.3 is 5.63 Å². The topological polar surface area (TPSA) is 94.6 Å². The fourth-order valence-electron chi connectivity index (χ4n) is 3.31. The van der Waals surface area contributed by atoms with Crippen molar-refractivity contribution in [3.05, 3.63) is 40.2 Å². The summed E-state index contributed by atoms with van der Waals surface area (Å²) >= 11 is 0. The van der Waals surface area contributed by atoms with Crippen molar-refractivity contribution in [2.45, 2.75) is 38.3 Å². The van der Waals surface area contributed by atoms with Crippen molar-refractivity contribution in [1.82, 2.24) is 0 Å². The zero-order valence-electron chi connectivity index (χ0n) is 14.3. The average molecular weight is 367 g/mol. The molecule has 0 saturated heterocycles. The molecule has 6 nitrogen and oxygen atoms in total. The van der Waals surface area contributed by atoms with Gasteiger partial charge in [0.25, 0.3) is 0 Å². The molecule has 0 spiro atoms. The number of fused-ring (bicyclic) bond motifs is 1. The number of nitrogens with one attached hydrogen (secondary N) is 1. The van der Waals surface area contributed by atoms with Crippen LogP contribution in [0.2, 0.25) is 0 Å². The van der Waals surface area contributed by atoms with Crippen molar-refractivity contribution >= 4 is 35.0 Å². The Morgan fingerprint density at radius 2 is 2.08 bits per heavy atom. The van der Waals surface area contributed by atoms with Gasteiger partial charge in [-0.25, -0.2) is 4.79 Å². The number of hydrogen-bond acceptors (Lipinski definition) is 5. The van der Waals surface area contributed by atoms with Gasteiger partial charge in [-0.15, -0.1) is 12.4 Å². The van der Waals surface area contributed by atoms with E-state index >= 15 is 0 Å². The fraction of sp³-hybridized carbons (Fsp3) is 0.444. The van der Waals surface area contributed by atoms with Crippen LogP contribution in [0.1, 0.15) is 24.8 Å². The first-order valence-electron chi connectivity index (χ1n) is 8.11.